The Morgan fingerprint density at radius 1 is 1.11 bits per heavy atom. The third-order valence-electron chi connectivity index (χ3n) is 8.00. The number of ether oxygens (including phenoxy) is 1. The zero-order valence-electron chi connectivity index (χ0n) is 21.9. The number of carbonyl (C=O) groups is 1. The van der Waals surface area contributed by atoms with Crippen molar-refractivity contribution in [2.75, 3.05) is 4.90 Å². The Morgan fingerprint density at radius 2 is 1.83 bits per heavy atom. The summed E-state index contributed by atoms with van der Waals surface area (Å²) in [7, 11) is 0. The highest BCUT2D eigenvalue weighted by Gasteiger charge is 2.44. The molecule has 0 spiro atoms. The molecule has 3 aliphatic rings. The minimum Gasteiger partial charge on any atom is -0.444 e. The molecule has 5 heteroatoms. The fourth-order valence-corrected chi connectivity index (χ4v) is 6.37. The summed E-state index contributed by atoms with van der Waals surface area (Å²) in [6.45, 7) is 11.8. The molecule has 2 aliphatic heterocycles. The molecule has 0 bridgehead atoms. The van der Waals surface area contributed by atoms with Crippen LogP contribution in [0.4, 0.5) is 5.69 Å². The van der Waals surface area contributed by atoms with Gasteiger partial charge in [0.05, 0.1) is 5.92 Å². The maximum Gasteiger partial charge on any atom is 0.205 e. The topological polar surface area (TPSA) is 79.3 Å². The van der Waals surface area contributed by atoms with E-state index in [1.807, 2.05) is 6.07 Å². The van der Waals surface area contributed by atoms with Crippen molar-refractivity contribution in [3.8, 4) is 6.07 Å². The van der Waals surface area contributed by atoms with Crippen LogP contribution in [0.3, 0.4) is 0 Å². The van der Waals surface area contributed by atoms with Gasteiger partial charge in [-0.05, 0) is 54.4 Å². The number of carbonyl (C=O) groups excluding carboxylic acids is 1. The van der Waals surface area contributed by atoms with Crippen molar-refractivity contribution >= 4 is 11.5 Å². The van der Waals surface area contributed by atoms with Crippen molar-refractivity contribution < 1.29 is 9.53 Å². The summed E-state index contributed by atoms with van der Waals surface area (Å²) in [5.74, 6) is 0.629. The van der Waals surface area contributed by atoms with Crippen LogP contribution < -0.4 is 10.6 Å². The normalized spacial score (nSPS) is 24.6. The highest BCUT2D eigenvalue weighted by molar-refractivity contribution is 6.00. The number of nitrogens with two attached hydrogens (primary N) is 1. The molecule has 0 aromatic heterocycles. The van der Waals surface area contributed by atoms with Gasteiger partial charge in [-0.3, -0.25) is 4.79 Å². The molecule has 2 aromatic carbocycles. The van der Waals surface area contributed by atoms with Crippen molar-refractivity contribution in [2.45, 2.75) is 77.8 Å². The first-order chi connectivity index (χ1) is 17.0. The fourth-order valence-electron chi connectivity index (χ4n) is 6.37. The maximum atomic E-state index is 13.4. The summed E-state index contributed by atoms with van der Waals surface area (Å²) in [6, 6.07) is 19.2. The third-order valence-corrected chi connectivity index (χ3v) is 8.00. The number of hydrogen-bond acceptors (Lipinski definition) is 5. The van der Waals surface area contributed by atoms with E-state index in [9.17, 15) is 10.1 Å². The molecule has 2 N–H and O–H groups in total. The zero-order chi connectivity index (χ0) is 25.8. The lowest BCUT2D eigenvalue weighted by molar-refractivity contribution is -0.119. The lowest BCUT2D eigenvalue weighted by Gasteiger charge is -2.48. The number of fused-ring (bicyclic) bond motifs is 1. The second-order valence-corrected chi connectivity index (χ2v) is 12.0. The molecule has 2 aromatic rings. The van der Waals surface area contributed by atoms with Crippen LogP contribution in [0.1, 0.15) is 82.4 Å². The van der Waals surface area contributed by atoms with Crippen LogP contribution in [0.2, 0.25) is 0 Å². The minimum atomic E-state index is -0.489. The summed E-state index contributed by atoms with van der Waals surface area (Å²) in [4.78, 5) is 15.9. The third kappa shape index (κ3) is 4.09. The van der Waals surface area contributed by atoms with E-state index in [2.05, 4.69) is 88.1 Å². The van der Waals surface area contributed by atoms with Crippen LogP contribution in [0.25, 0.3) is 0 Å². The van der Waals surface area contributed by atoms with E-state index < -0.39 is 5.92 Å². The van der Waals surface area contributed by atoms with E-state index >= 15 is 0 Å². The largest absolute Gasteiger partial charge is 0.444 e. The van der Waals surface area contributed by atoms with E-state index in [0.29, 0.717) is 35.7 Å². The van der Waals surface area contributed by atoms with Gasteiger partial charge in [-0.1, -0.05) is 63.2 Å². The van der Waals surface area contributed by atoms with Crippen LogP contribution in [-0.4, -0.2) is 11.3 Å². The van der Waals surface area contributed by atoms with Crippen molar-refractivity contribution in [3.63, 3.8) is 0 Å². The van der Waals surface area contributed by atoms with Crippen molar-refractivity contribution in [3.05, 3.63) is 88.0 Å². The summed E-state index contributed by atoms with van der Waals surface area (Å²) in [5, 5.41) is 10.0. The number of anilines is 1. The second-order valence-electron chi connectivity index (χ2n) is 12.0. The summed E-state index contributed by atoms with van der Waals surface area (Å²) < 4.78 is 5.88. The number of hydrogen-bond donors (Lipinski definition) is 1. The lowest BCUT2D eigenvalue weighted by Crippen LogP contribution is -2.47. The maximum absolute atomic E-state index is 13.4. The van der Waals surface area contributed by atoms with Gasteiger partial charge in [0, 0.05) is 36.2 Å². The average molecular weight is 482 g/mol. The molecule has 186 valence electrons. The van der Waals surface area contributed by atoms with Gasteiger partial charge in [0.15, 0.2) is 5.78 Å². The molecule has 2 heterocycles. The Labute approximate surface area is 214 Å². The average Bonchev–Trinajstić information content (AvgIpc) is 2.80. The monoisotopic (exact) mass is 481 g/mol. The molecule has 5 nitrogen and oxygen atoms in total. The molecule has 0 unspecified atom stereocenters. The molecule has 0 radical (unpaired) electrons. The molecule has 0 saturated heterocycles. The van der Waals surface area contributed by atoms with Crippen LogP contribution in [0.15, 0.2) is 71.3 Å². The predicted molar refractivity (Wildman–Crippen MR) is 142 cm³/mol. The van der Waals surface area contributed by atoms with Gasteiger partial charge < -0.3 is 15.4 Å². The summed E-state index contributed by atoms with van der Waals surface area (Å²) in [5.41, 5.74) is 11.6. The van der Waals surface area contributed by atoms with E-state index in [-0.39, 0.29) is 22.6 Å². The molecular formula is C31H35N3O2. The van der Waals surface area contributed by atoms with Crippen LogP contribution >= 0.6 is 0 Å². The zero-order valence-corrected chi connectivity index (χ0v) is 21.9. The first-order valence-electron chi connectivity index (χ1n) is 12.8. The van der Waals surface area contributed by atoms with E-state index in [0.717, 1.165) is 18.5 Å². The Kier molecular flexibility index (Phi) is 5.75. The Bertz CT molecular complexity index is 1330. The highest BCUT2D eigenvalue weighted by atomic mass is 16.5. The fraction of sp³-hybridized carbons (Fsp3) is 0.419. The standard InChI is InChI=1S/C31H35N3O2/c1-19-14-31(4,5)34(18-20-9-7-6-8-10-20)24-12-11-21(13-22(19)24)27-23(17-32)29(33)36-26-16-30(2,3)15-25(35)28(26)27/h6-13,19,27H,14-16,18,33H2,1-5H3/t19-,27+/m1/s1. The van der Waals surface area contributed by atoms with Gasteiger partial charge in [-0.25, -0.2) is 0 Å². The van der Waals surface area contributed by atoms with Gasteiger partial charge in [0.1, 0.15) is 17.4 Å². The van der Waals surface area contributed by atoms with Gasteiger partial charge in [-0.15, -0.1) is 0 Å². The predicted octanol–water partition coefficient (Wildman–Crippen LogP) is 6.43. The molecule has 0 fully saturated rings. The number of benzene rings is 2. The molecule has 5 rings (SSSR count). The Balaban J connectivity index is 1.61. The molecule has 2 atom stereocenters. The van der Waals surface area contributed by atoms with Gasteiger partial charge in [0.25, 0.3) is 0 Å². The van der Waals surface area contributed by atoms with E-state index in [1.54, 1.807) is 0 Å². The number of nitriles is 1. The summed E-state index contributed by atoms with van der Waals surface area (Å²) in [6.07, 6.45) is 2.07. The number of Topliss-reactive ketones (excluding diaryl/α,β-unsaturated/α-hetero) is 1. The van der Waals surface area contributed by atoms with E-state index in [4.69, 9.17) is 10.5 Å². The molecule has 1 aliphatic carbocycles. The minimum absolute atomic E-state index is 0.00872. The smallest absolute Gasteiger partial charge is 0.205 e. The molecule has 36 heavy (non-hydrogen) atoms. The Hall–Kier alpha value is -3.52. The van der Waals surface area contributed by atoms with E-state index in [1.165, 1.54) is 16.8 Å². The van der Waals surface area contributed by atoms with Gasteiger partial charge >= 0.3 is 0 Å². The first kappa shape index (κ1) is 24.2. The number of rotatable bonds is 3. The molecular weight excluding hydrogens is 446 g/mol. The summed E-state index contributed by atoms with van der Waals surface area (Å²) >= 11 is 0. The van der Waals surface area contributed by atoms with Gasteiger partial charge in [-0.2, -0.15) is 5.26 Å². The highest BCUT2D eigenvalue weighted by Crippen LogP contribution is 2.50. The number of nitrogens with zero attached hydrogens (tertiary/aromatic N) is 2. The quantitative estimate of drug-likeness (QED) is 0.546. The van der Waals surface area contributed by atoms with Gasteiger partial charge in [0.2, 0.25) is 5.88 Å². The van der Waals surface area contributed by atoms with Crippen LogP contribution in [-0.2, 0) is 16.1 Å². The first-order valence-corrected chi connectivity index (χ1v) is 12.8. The van der Waals surface area contributed by atoms with Crippen molar-refractivity contribution in [1.29, 1.82) is 5.26 Å². The van der Waals surface area contributed by atoms with Crippen molar-refractivity contribution in [2.24, 2.45) is 11.1 Å². The SMILES string of the molecule is C[C@@H]1CC(C)(C)N(Cc2ccccc2)c2ccc([C@H]3C(C#N)=C(N)OC4=C3C(=O)CC(C)(C)C4)cc21. The molecule has 0 amide bonds. The van der Waals surface area contributed by atoms with Crippen molar-refractivity contribution in [1.82, 2.24) is 0 Å². The number of ketones is 1. The lowest BCUT2D eigenvalue weighted by atomic mass is 9.69. The van der Waals surface area contributed by atoms with Crippen LogP contribution in [0, 0.1) is 16.7 Å². The second kappa shape index (κ2) is 8.55. The molecule has 0 saturated carbocycles. The number of allylic oxidation sites excluding steroid dienone is 3. The van der Waals surface area contributed by atoms with Crippen LogP contribution in [0.5, 0.6) is 0 Å². The Morgan fingerprint density at radius 3 is 2.53 bits per heavy atom.